The lowest BCUT2D eigenvalue weighted by Crippen LogP contribution is -2.19. The van der Waals surface area contributed by atoms with Crippen molar-refractivity contribution in [3.05, 3.63) is 88.5 Å². The minimum atomic E-state index is -4.01. The zero-order chi connectivity index (χ0) is 25.8. The summed E-state index contributed by atoms with van der Waals surface area (Å²) in [5.41, 5.74) is 1.74. The van der Waals surface area contributed by atoms with Gasteiger partial charge in [-0.05, 0) is 61.4 Å². The van der Waals surface area contributed by atoms with Gasteiger partial charge in [0.1, 0.15) is 0 Å². The van der Waals surface area contributed by atoms with Crippen LogP contribution in [0.3, 0.4) is 0 Å². The van der Waals surface area contributed by atoms with E-state index < -0.39 is 27.9 Å². The van der Waals surface area contributed by atoms with Crippen LogP contribution < -0.4 is 10.0 Å². The Hall–Kier alpha value is -4.18. The number of para-hydroxylation sites is 1. The van der Waals surface area contributed by atoms with Gasteiger partial charge >= 0.3 is 11.9 Å². The average molecular weight is 497 g/mol. The molecule has 0 aliphatic rings. The van der Waals surface area contributed by atoms with Crippen molar-refractivity contribution in [2.75, 3.05) is 24.3 Å². The van der Waals surface area contributed by atoms with Crippen LogP contribution in [0.25, 0.3) is 0 Å². The molecule has 2 N–H and O–H groups in total. The summed E-state index contributed by atoms with van der Waals surface area (Å²) in [7, 11) is -1.62. The second kappa shape index (κ2) is 10.4. The molecule has 0 aliphatic heterocycles. The van der Waals surface area contributed by atoms with Crippen molar-refractivity contribution in [3.63, 3.8) is 0 Å². The van der Waals surface area contributed by atoms with E-state index in [-0.39, 0.29) is 27.3 Å². The first-order valence-corrected chi connectivity index (χ1v) is 11.9. The molecule has 0 radical (unpaired) electrons. The van der Waals surface area contributed by atoms with Gasteiger partial charge in [-0.15, -0.1) is 0 Å². The maximum absolute atomic E-state index is 13.1. The number of hydrogen-bond donors (Lipinski definition) is 2. The fourth-order valence-electron chi connectivity index (χ4n) is 3.29. The van der Waals surface area contributed by atoms with Crippen LogP contribution >= 0.6 is 0 Å². The van der Waals surface area contributed by atoms with Crippen molar-refractivity contribution in [3.8, 4) is 0 Å². The molecule has 0 saturated carbocycles. The Bertz CT molecular complexity index is 1420. The van der Waals surface area contributed by atoms with Gasteiger partial charge in [0.15, 0.2) is 0 Å². The summed E-state index contributed by atoms with van der Waals surface area (Å²) in [6.07, 6.45) is 0. The first-order valence-electron chi connectivity index (χ1n) is 10.4. The number of hydrogen-bond acceptors (Lipinski definition) is 7. The molecule has 182 valence electrons. The molecule has 0 fully saturated rings. The Kier molecular flexibility index (Phi) is 7.55. The fourth-order valence-corrected chi connectivity index (χ4v) is 4.70. The molecule has 35 heavy (non-hydrogen) atoms. The number of carbonyl (C=O) groups is 3. The molecule has 0 unspecified atom stereocenters. The molecule has 3 aromatic rings. The van der Waals surface area contributed by atoms with Crippen molar-refractivity contribution in [1.82, 2.24) is 0 Å². The normalized spacial score (nSPS) is 10.9. The van der Waals surface area contributed by atoms with E-state index in [4.69, 9.17) is 4.74 Å². The quantitative estimate of drug-likeness (QED) is 0.474. The van der Waals surface area contributed by atoms with Gasteiger partial charge in [0.25, 0.3) is 15.9 Å². The minimum Gasteiger partial charge on any atom is -0.465 e. The third-order valence-corrected chi connectivity index (χ3v) is 6.73. The van der Waals surface area contributed by atoms with E-state index in [2.05, 4.69) is 14.8 Å². The van der Waals surface area contributed by atoms with E-state index in [9.17, 15) is 22.8 Å². The van der Waals surface area contributed by atoms with Gasteiger partial charge in [-0.2, -0.15) is 0 Å². The first kappa shape index (κ1) is 25.4. The van der Waals surface area contributed by atoms with E-state index in [1.165, 1.54) is 50.6 Å². The highest BCUT2D eigenvalue weighted by atomic mass is 32.2. The molecule has 0 spiro atoms. The topological polar surface area (TPSA) is 128 Å². The monoisotopic (exact) mass is 496 g/mol. The van der Waals surface area contributed by atoms with Crippen molar-refractivity contribution in [1.29, 1.82) is 0 Å². The third kappa shape index (κ3) is 5.67. The third-order valence-electron chi connectivity index (χ3n) is 5.22. The van der Waals surface area contributed by atoms with Crippen LogP contribution in [0.1, 0.15) is 42.2 Å². The number of ether oxygens (including phenoxy) is 2. The van der Waals surface area contributed by atoms with Gasteiger partial charge in [0.05, 0.1) is 41.6 Å². The van der Waals surface area contributed by atoms with Crippen molar-refractivity contribution in [2.45, 2.75) is 18.7 Å². The molecule has 0 heterocycles. The predicted molar refractivity (Wildman–Crippen MR) is 130 cm³/mol. The maximum Gasteiger partial charge on any atom is 0.339 e. The highest BCUT2D eigenvalue weighted by molar-refractivity contribution is 7.92. The number of benzene rings is 3. The summed E-state index contributed by atoms with van der Waals surface area (Å²) >= 11 is 0. The Labute approximate surface area is 203 Å². The number of esters is 2. The molecular formula is C25H24N2O7S. The molecule has 0 bridgehead atoms. The lowest BCUT2D eigenvalue weighted by molar-refractivity contribution is 0.0587. The molecule has 0 aliphatic carbocycles. The number of carbonyl (C=O) groups excluding carboxylic acids is 3. The zero-order valence-electron chi connectivity index (χ0n) is 19.5. The fraction of sp³-hybridized carbons (Fsp3) is 0.160. The SMILES string of the molecule is COC(=O)c1ccc(C(=O)OC)c(NC(=O)c2ccc(C)c(S(=O)(=O)Nc3ccccc3C)c2)c1. The standard InChI is InChI=1S/C25H24N2O7S/c1-15-7-5-6-8-20(15)27-35(31,32)22-14-17(10-9-16(22)2)23(28)26-21-13-18(24(29)33-3)11-12-19(21)25(30)34-4/h5-14,27H,1-4H3,(H,26,28). The van der Waals surface area contributed by atoms with E-state index in [1.807, 2.05) is 0 Å². The molecule has 0 atom stereocenters. The highest BCUT2D eigenvalue weighted by Gasteiger charge is 2.22. The van der Waals surface area contributed by atoms with Crippen LogP contribution in [0.2, 0.25) is 0 Å². The Morgan fingerprint density at radius 2 is 1.40 bits per heavy atom. The first-order chi connectivity index (χ1) is 16.6. The molecule has 9 nitrogen and oxygen atoms in total. The van der Waals surface area contributed by atoms with Crippen LogP contribution in [0.5, 0.6) is 0 Å². The minimum absolute atomic E-state index is 0.00719. The van der Waals surface area contributed by atoms with Gasteiger partial charge in [-0.25, -0.2) is 18.0 Å². The van der Waals surface area contributed by atoms with Gasteiger partial charge < -0.3 is 14.8 Å². The summed E-state index contributed by atoms with van der Waals surface area (Å²) in [5, 5.41) is 2.56. The summed E-state index contributed by atoms with van der Waals surface area (Å²) in [4.78, 5) is 37.0. The number of anilines is 2. The number of rotatable bonds is 7. The summed E-state index contributed by atoms with van der Waals surface area (Å²) in [6.45, 7) is 3.39. The molecule has 0 aromatic heterocycles. The summed E-state index contributed by atoms with van der Waals surface area (Å²) in [6, 6.07) is 15.1. The maximum atomic E-state index is 13.1. The molecule has 3 aromatic carbocycles. The van der Waals surface area contributed by atoms with Crippen LogP contribution in [-0.4, -0.2) is 40.5 Å². The summed E-state index contributed by atoms with van der Waals surface area (Å²) < 4.78 is 38.2. The van der Waals surface area contributed by atoms with E-state index >= 15 is 0 Å². The Balaban J connectivity index is 1.97. The smallest absolute Gasteiger partial charge is 0.339 e. The number of sulfonamides is 1. The molecular weight excluding hydrogens is 472 g/mol. The Morgan fingerprint density at radius 3 is 2.06 bits per heavy atom. The van der Waals surface area contributed by atoms with Gasteiger partial charge in [-0.1, -0.05) is 24.3 Å². The molecule has 1 amide bonds. The van der Waals surface area contributed by atoms with Crippen LogP contribution in [-0.2, 0) is 19.5 Å². The van der Waals surface area contributed by atoms with E-state index in [0.717, 1.165) is 5.56 Å². The number of aryl methyl sites for hydroxylation is 2. The van der Waals surface area contributed by atoms with Gasteiger partial charge in [-0.3, -0.25) is 9.52 Å². The Morgan fingerprint density at radius 1 is 0.743 bits per heavy atom. The van der Waals surface area contributed by atoms with E-state index in [0.29, 0.717) is 11.3 Å². The second-order valence-corrected chi connectivity index (χ2v) is 9.25. The van der Waals surface area contributed by atoms with Crippen LogP contribution in [0, 0.1) is 13.8 Å². The van der Waals surface area contributed by atoms with E-state index in [1.54, 1.807) is 38.1 Å². The number of nitrogens with one attached hydrogen (secondary N) is 2. The largest absolute Gasteiger partial charge is 0.465 e. The summed E-state index contributed by atoms with van der Waals surface area (Å²) in [5.74, 6) is -2.08. The molecule has 3 rings (SSSR count). The zero-order valence-corrected chi connectivity index (χ0v) is 20.4. The lowest BCUT2D eigenvalue weighted by Gasteiger charge is -2.14. The van der Waals surface area contributed by atoms with Gasteiger partial charge in [0, 0.05) is 5.56 Å². The second-order valence-electron chi connectivity index (χ2n) is 7.60. The highest BCUT2D eigenvalue weighted by Crippen LogP contribution is 2.25. The van der Waals surface area contributed by atoms with Crippen LogP contribution in [0.15, 0.2) is 65.6 Å². The van der Waals surface area contributed by atoms with Crippen molar-refractivity contribution < 1.29 is 32.3 Å². The van der Waals surface area contributed by atoms with Crippen molar-refractivity contribution >= 4 is 39.2 Å². The van der Waals surface area contributed by atoms with Gasteiger partial charge in [0.2, 0.25) is 0 Å². The van der Waals surface area contributed by atoms with Crippen LogP contribution in [0.4, 0.5) is 11.4 Å². The molecule has 10 heteroatoms. The van der Waals surface area contributed by atoms with Crippen molar-refractivity contribution in [2.24, 2.45) is 0 Å². The lowest BCUT2D eigenvalue weighted by atomic mass is 10.1. The average Bonchev–Trinajstić information content (AvgIpc) is 2.84. The number of methoxy groups -OCH3 is 2. The number of amides is 1. The molecule has 0 saturated heterocycles. The predicted octanol–water partition coefficient (Wildman–Crippen LogP) is 3.93.